The molecule has 0 fully saturated rings. The van der Waals surface area contributed by atoms with Gasteiger partial charge in [0, 0.05) is 5.56 Å². The molecule has 0 N–H and O–H groups in total. The molecule has 0 spiro atoms. The van der Waals surface area contributed by atoms with Gasteiger partial charge in [-0.05, 0) is 23.8 Å². The lowest BCUT2D eigenvalue weighted by Gasteiger charge is -2.05. The average molecular weight is 297 g/mol. The van der Waals surface area contributed by atoms with Crippen LogP contribution in [0.25, 0.3) is 0 Å². The molecule has 0 bridgehead atoms. The Kier molecular flexibility index (Phi) is 4.96. The lowest BCUT2D eigenvalue weighted by atomic mass is 10.2. The summed E-state index contributed by atoms with van der Waals surface area (Å²) in [6, 6.07) is 9.44. The van der Waals surface area contributed by atoms with Crippen molar-refractivity contribution in [3.8, 4) is 5.75 Å². The number of hydrogen-bond acceptors (Lipinski definition) is 4. The highest BCUT2D eigenvalue weighted by Crippen LogP contribution is 2.27. The Labute approximate surface area is 120 Å². The van der Waals surface area contributed by atoms with Gasteiger partial charge in [-0.2, -0.15) is 0 Å². The van der Waals surface area contributed by atoms with Crippen LogP contribution in [-0.4, -0.2) is 13.4 Å². The predicted octanol–water partition coefficient (Wildman–Crippen LogP) is 3.94. The number of ether oxygens (including phenoxy) is 2. The maximum absolute atomic E-state index is 10.6. The minimum absolute atomic E-state index is 0.398. The van der Waals surface area contributed by atoms with Crippen LogP contribution in [0.15, 0.2) is 30.3 Å². The van der Waals surface area contributed by atoms with Crippen LogP contribution in [0.4, 0.5) is 0 Å². The SMILES string of the molecule is COc1ccc(COCc2cc(C=O)sc2Cl)cc1. The topological polar surface area (TPSA) is 35.5 Å². The van der Waals surface area contributed by atoms with Crippen molar-refractivity contribution < 1.29 is 14.3 Å². The van der Waals surface area contributed by atoms with Crippen LogP contribution in [0.2, 0.25) is 4.34 Å². The van der Waals surface area contributed by atoms with Crippen molar-refractivity contribution in [1.29, 1.82) is 0 Å². The van der Waals surface area contributed by atoms with Gasteiger partial charge in [0.15, 0.2) is 6.29 Å². The molecule has 5 heteroatoms. The van der Waals surface area contributed by atoms with Crippen molar-refractivity contribution in [3.05, 3.63) is 50.7 Å². The molecule has 0 aliphatic carbocycles. The van der Waals surface area contributed by atoms with E-state index in [1.54, 1.807) is 13.2 Å². The van der Waals surface area contributed by atoms with E-state index in [9.17, 15) is 4.79 Å². The molecular weight excluding hydrogens is 284 g/mol. The molecule has 0 saturated carbocycles. The van der Waals surface area contributed by atoms with Gasteiger partial charge in [0.25, 0.3) is 0 Å². The van der Waals surface area contributed by atoms with E-state index < -0.39 is 0 Å². The van der Waals surface area contributed by atoms with E-state index in [4.69, 9.17) is 21.1 Å². The number of carbonyl (C=O) groups is 1. The molecule has 2 aromatic rings. The molecule has 2 rings (SSSR count). The van der Waals surface area contributed by atoms with Gasteiger partial charge in [-0.25, -0.2) is 0 Å². The maximum Gasteiger partial charge on any atom is 0.160 e. The molecule has 19 heavy (non-hydrogen) atoms. The maximum atomic E-state index is 10.6. The van der Waals surface area contributed by atoms with E-state index in [1.807, 2.05) is 24.3 Å². The van der Waals surface area contributed by atoms with E-state index in [2.05, 4.69) is 0 Å². The molecule has 1 aromatic heterocycles. The van der Waals surface area contributed by atoms with Gasteiger partial charge in [0.2, 0.25) is 0 Å². The number of rotatable bonds is 6. The number of carbonyl (C=O) groups excluding carboxylic acids is 1. The van der Waals surface area contributed by atoms with Gasteiger partial charge in [-0.15, -0.1) is 11.3 Å². The fourth-order valence-electron chi connectivity index (χ4n) is 1.58. The fourth-order valence-corrected chi connectivity index (χ4v) is 2.67. The van der Waals surface area contributed by atoms with Crippen LogP contribution in [0.3, 0.4) is 0 Å². The standard InChI is InChI=1S/C14H13ClO3S/c1-17-12-4-2-10(3-5-12)8-18-9-11-6-13(7-16)19-14(11)15/h2-7H,8-9H2,1H3. The highest BCUT2D eigenvalue weighted by Gasteiger charge is 2.06. The Bertz CT molecular complexity index is 548. The second-order valence-electron chi connectivity index (χ2n) is 3.91. The number of aldehydes is 1. The summed E-state index contributed by atoms with van der Waals surface area (Å²) < 4.78 is 11.3. The Morgan fingerprint density at radius 2 is 2.00 bits per heavy atom. The first-order chi connectivity index (χ1) is 9.22. The zero-order valence-corrected chi connectivity index (χ0v) is 12.0. The lowest BCUT2D eigenvalue weighted by molar-refractivity contribution is 0.107. The summed E-state index contributed by atoms with van der Waals surface area (Å²) in [5.74, 6) is 0.820. The second-order valence-corrected chi connectivity index (χ2v) is 5.59. The summed E-state index contributed by atoms with van der Waals surface area (Å²) in [7, 11) is 1.63. The highest BCUT2D eigenvalue weighted by atomic mass is 35.5. The first kappa shape index (κ1) is 14.1. The first-order valence-corrected chi connectivity index (χ1v) is 6.86. The Morgan fingerprint density at radius 3 is 2.58 bits per heavy atom. The zero-order valence-electron chi connectivity index (χ0n) is 10.4. The van der Waals surface area contributed by atoms with Crippen molar-refractivity contribution in [3.63, 3.8) is 0 Å². The monoisotopic (exact) mass is 296 g/mol. The number of benzene rings is 1. The van der Waals surface area contributed by atoms with E-state index in [0.717, 1.165) is 23.2 Å². The molecule has 0 atom stereocenters. The van der Waals surface area contributed by atoms with Gasteiger partial charge in [0.1, 0.15) is 5.75 Å². The minimum atomic E-state index is 0.398. The van der Waals surface area contributed by atoms with E-state index in [0.29, 0.717) is 22.4 Å². The lowest BCUT2D eigenvalue weighted by Crippen LogP contribution is -1.93. The Balaban J connectivity index is 1.88. The zero-order chi connectivity index (χ0) is 13.7. The van der Waals surface area contributed by atoms with E-state index in [1.165, 1.54) is 11.3 Å². The third-order valence-corrected chi connectivity index (χ3v) is 3.94. The van der Waals surface area contributed by atoms with Crippen molar-refractivity contribution >= 4 is 29.2 Å². The third-order valence-electron chi connectivity index (χ3n) is 2.58. The summed E-state index contributed by atoms with van der Waals surface area (Å²) in [5.41, 5.74) is 1.91. The Hall–Kier alpha value is -1.36. The van der Waals surface area contributed by atoms with Gasteiger partial charge < -0.3 is 9.47 Å². The highest BCUT2D eigenvalue weighted by molar-refractivity contribution is 7.17. The Morgan fingerprint density at radius 1 is 1.26 bits per heavy atom. The molecule has 0 radical (unpaired) electrons. The molecule has 100 valence electrons. The fraction of sp³-hybridized carbons (Fsp3) is 0.214. The van der Waals surface area contributed by atoms with Crippen molar-refractivity contribution in [1.82, 2.24) is 0 Å². The van der Waals surface area contributed by atoms with Gasteiger partial charge in [0.05, 0.1) is 29.5 Å². The summed E-state index contributed by atoms with van der Waals surface area (Å²) in [5, 5.41) is 0. The van der Waals surface area contributed by atoms with Crippen LogP contribution in [0, 0.1) is 0 Å². The largest absolute Gasteiger partial charge is 0.497 e. The quantitative estimate of drug-likeness (QED) is 0.758. The van der Waals surface area contributed by atoms with Crippen molar-refractivity contribution in [2.24, 2.45) is 0 Å². The number of methoxy groups -OCH3 is 1. The van der Waals surface area contributed by atoms with Gasteiger partial charge in [-0.1, -0.05) is 23.7 Å². The van der Waals surface area contributed by atoms with Crippen LogP contribution < -0.4 is 4.74 Å². The number of thiophene rings is 1. The number of halogens is 1. The molecule has 0 aliphatic heterocycles. The molecule has 0 saturated heterocycles. The summed E-state index contributed by atoms with van der Waals surface area (Å²) in [6.45, 7) is 0.891. The minimum Gasteiger partial charge on any atom is -0.497 e. The second kappa shape index (κ2) is 6.70. The predicted molar refractivity (Wildman–Crippen MR) is 76.2 cm³/mol. The van der Waals surface area contributed by atoms with Crippen LogP contribution in [0.1, 0.15) is 20.8 Å². The molecule has 3 nitrogen and oxygen atoms in total. The van der Waals surface area contributed by atoms with Crippen LogP contribution in [0.5, 0.6) is 5.75 Å². The summed E-state index contributed by atoms with van der Waals surface area (Å²) in [6.07, 6.45) is 0.795. The molecule has 1 heterocycles. The van der Waals surface area contributed by atoms with Gasteiger partial charge >= 0.3 is 0 Å². The smallest absolute Gasteiger partial charge is 0.160 e. The van der Waals surface area contributed by atoms with Crippen molar-refractivity contribution in [2.75, 3.05) is 7.11 Å². The average Bonchev–Trinajstić information content (AvgIpc) is 2.80. The van der Waals surface area contributed by atoms with Crippen molar-refractivity contribution in [2.45, 2.75) is 13.2 Å². The molecular formula is C14H13ClO3S. The summed E-state index contributed by atoms with van der Waals surface area (Å²) in [4.78, 5) is 11.2. The summed E-state index contributed by atoms with van der Waals surface area (Å²) >= 11 is 7.27. The van der Waals surface area contributed by atoms with Crippen LogP contribution >= 0.6 is 22.9 Å². The van der Waals surface area contributed by atoms with Crippen LogP contribution in [-0.2, 0) is 18.0 Å². The van der Waals surface area contributed by atoms with E-state index >= 15 is 0 Å². The third kappa shape index (κ3) is 3.80. The normalized spacial score (nSPS) is 10.4. The molecule has 0 aliphatic rings. The molecule has 0 unspecified atom stereocenters. The number of hydrogen-bond donors (Lipinski definition) is 0. The first-order valence-electron chi connectivity index (χ1n) is 5.67. The van der Waals surface area contributed by atoms with E-state index in [-0.39, 0.29) is 0 Å². The molecule has 0 amide bonds. The van der Waals surface area contributed by atoms with Gasteiger partial charge in [-0.3, -0.25) is 4.79 Å². The molecule has 1 aromatic carbocycles.